The van der Waals surface area contributed by atoms with Gasteiger partial charge in [0, 0.05) is 32.0 Å². The molecular formula is C21H26N4O3S2. The molecule has 2 aromatic rings. The first kappa shape index (κ1) is 22.5. The molecule has 0 atom stereocenters. The van der Waals surface area contributed by atoms with Crippen molar-refractivity contribution in [3.63, 3.8) is 0 Å². The van der Waals surface area contributed by atoms with Crippen LogP contribution in [0.3, 0.4) is 0 Å². The number of carbonyl (C=O) groups excluding carboxylic acids is 1. The zero-order valence-electron chi connectivity index (χ0n) is 17.6. The summed E-state index contributed by atoms with van der Waals surface area (Å²) in [5, 5.41) is 3.25. The highest BCUT2D eigenvalue weighted by atomic mass is 32.2. The van der Waals surface area contributed by atoms with Gasteiger partial charge in [0.05, 0.1) is 10.5 Å². The Balaban J connectivity index is 2.04. The van der Waals surface area contributed by atoms with Gasteiger partial charge in [-0.1, -0.05) is 30.0 Å². The van der Waals surface area contributed by atoms with E-state index in [4.69, 9.17) is 21.9 Å². The highest BCUT2D eigenvalue weighted by molar-refractivity contribution is 8.26. The fourth-order valence-corrected chi connectivity index (χ4v) is 4.66. The first-order chi connectivity index (χ1) is 14.3. The second-order valence-electron chi connectivity index (χ2n) is 7.19. The second kappa shape index (κ2) is 9.72. The Morgan fingerprint density at radius 1 is 1.37 bits per heavy atom. The number of nitrogens with one attached hydrogen (secondary N) is 1. The Hall–Kier alpha value is -2.23. The highest BCUT2D eigenvalue weighted by Crippen LogP contribution is 2.34. The highest BCUT2D eigenvalue weighted by Gasteiger charge is 2.34. The number of amides is 1. The monoisotopic (exact) mass is 446 g/mol. The first-order valence-corrected chi connectivity index (χ1v) is 11.2. The van der Waals surface area contributed by atoms with Crippen molar-refractivity contribution in [3.8, 4) is 0 Å². The number of pyridine rings is 1. The quantitative estimate of drug-likeness (QED) is 0.378. The number of thiocarbonyl (C=S) groups is 1. The minimum atomic E-state index is -0.231. The fraction of sp³-hybridized carbons (Fsp3) is 0.429. The van der Waals surface area contributed by atoms with E-state index >= 15 is 0 Å². The molecule has 1 N–H and O–H groups in total. The van der Waals surface area contributed by atoms with Crippen molar-refractivity contribution in [2.24, 2.45) is 0 Å². The lowest BCUT2D eigenvalue weighted by Gasteiger charge is -2.18. The summed E-state index contributed by atoms with van der Waals surface area (Å²) < 4.78 is 7.38. The average molecular weight is 447 g/mol. The van der Waals surface area contributed by atoms with Gasteiger partial charge in [-0.3, -0.25) is 18.9 Å². The Kier molecular flexibility index (Phi) is 7.27. The van der Waals surface area contributed by atoms with E-state index in [1.165, 1.54) is 16.2 Å². The van der Waals surface area contributed by atoms with Crippen LogP contribution in [-0.2, 0) is 9.53 Å². The number of nitrogens with zero attached hydrogens (tertiary/aromatic N) is 3. The zero-order valence-corrected chi connectivity index (χ0v) is 19.2. The Morgan fingerprint density at radius 3 is 2.80 bits per heavy atom. The summed E-state index contributed by atoms with van der Waals surface area (Å²) in [5.74, 6) is 0.275. The smallest absolute Gasteiger partial charge is 0.267 e. The number of rotatable bonds is 8. The van der Waals surface area contributed by atoms with Gasteiger partial charge in [-0.05, 0) is 51.8 Å². The van der Waals surface area contributed by atoms with Crippen LogP contribution in [0.2, 0.25) is 0 Å². The van der Waals surface area contributed by atoms with Gasteiger partial charge in [-0.2, -0.15) is 0 Å². The van der Waals surface area contributed by atoms with Crippen LogP contribution in [0, 0.1) is 6.92 Å². The number of hydrogen-bond donors (Lipinski definition) is 1. The number of anilines is 1. The Morgan fingerprint density at radius 2 is 2.13 bits per heavy atom. The largest absolute Gasteiger partial charge is 0.382 e. The number of ether oxygens (including phenoxy) is 1. The molecule has 1 amide bonds. The van der Waals surface area contributed by atoms with E-state index in [1.807, 2.05) is 39.8 Å². The molecule has 3 rings (SSSR count). The molecular weight excluding hydrogens is 420 g/mol. The van der Waals surface area contributed by atoms with Gasteiger partial charge in [-0.25, -0.2) is 4.98 Å². The summed E-state index contributed by atoms with van der Waals surface area (Å²) in [6.45, 7) is 9.57. The third-order valence-electron chi connectivity index (χ3n) is 4.66. The summed E-state index contributed by atoms with van der Waals surface area (Å²) in [6, 6.07) is 3.68. The van der Waals surface area contributed by atoms with E-state index in [1.54, 1.807) is 17.2 Å². The molecule has 0 bridgehead atoms. The number of hydrogen-bond acceptors (Lipinski definition) is 7. The van der Waals surface area contributed by atoms with Crippen molar-refractivity contribution in [1.29, 1.82) is 0 Å². The normalized spacial score (nSPS) is 15.8. The summed E-state index contributed by atoms with van der Waals surface area (Å²) in [4.78, 5) is 32.8. The average Bonchev–Trinajstić information content (AvgIpc) is 2.98. The Labute approximate surface area is 185 Å². The zero-order chi connectivity index (χ0) is 21.8. The lowest BCUT2D eigenvalue weighted by atomic mass is 10.2. The molecule has 0 aliphatic carbocycles. The van der Waals surface area contributed by atoms with Crippen LogP contribution in [0.1, 0.15) is 38.3 Å². The van der Waals surface area contributed by atoms with Gasteiger partial charge in [0.2, 0.25) is 0 Å². The fourth-order valence-electron chi connectivity index (χ4n) is 3.16. The van der Waals surface area contributed by atoms with E-state index in [0.29, 0.717) is 46.0 Å². The minimum absolute atomic E-state index is 0.0435. The molecule has 7 nitrogen and oxygen atoms in total. The third-order valence-corrected chi connectivity index (χ3v) is 5.99. The maximum absolute atomic E-state index is 13.3. The molecule has 0 aromatic carbocycles. The molecule has 9 heteroatoms. The molecule has 0 radical (unpaired) electrons. The van der Waals surface area contributed by atoms with Crippen molar-refractivity contribution in [2.45, 2.75) is 40.2 Å². The van der Waals surface area contributed by atoms with Crippen molar-refractivity contribution >= 4 is 51.7 Å². The van der Waals surface area contributed by atoms with Crippen LogP contribution < -0.4 is 10.9 Å². The molecule has 0 saturated carbocycles. The Bertz CT molecular complexity index is 1060. The second-order valence-corrected chi connectivity index (χ2v) is 8.86. The van der Waals surface area contributed by atoms with Crippen LogP contribution in [0.15, 0.2) is 28.0 Å². The predicted molar refractivity (Wildman–Crippen MR) is 126 cm³/mol. The van der Waals surface area contributed by atoms with Crippen molar-refractivity contribution in [2.75, 3.05) is 25.1 Å². The van der Waals surface area contributed by atoms with E-state index in [2.05, 4.69) is 5.32 Å². The maximum Gasteiger partial charge on any atom is 0.267 e. The van der Waals surface area contributed by atoms with Crippen molar-refractivity contribution in [1.82, 2.24) is 14.3 Å². The van der Waals surface area contributed by atoms with Gasteiger partial charge in [0.25, 0.3) is 11.5 Å². The van der Waals surface area contributed by atoms with Crippen LogP contribution >= 0.6 is 24.0 Å². The minimum Gasteiger partial charge on any atom is -0.382 e. The number of fused-ring (bicyclic) bond motifs is 1. The number of aryl methyl sites for hydroxylation is 1. The van der Waals surface area contributed by atoms with Gasteiger partial charge >= 0.3 is 0 Å². The van der Waals surface area contributed by atoms with Crippen molar-refractivity contribution in [3.05, 3.63) is 44.7 Å². The third kappa shape index (κ3) is 4.58. The summed E-state index contributed by atoms with van der Waals surface area (Å²) >= 11 is 6.57. The standard InChI is InChI=1S/C21H26N4O3S2/c1-5-28-11-7-9-22-17-15(12-16-20(27)25(13(2)3)21(29)30-16)19(26)24-10-6-8-14(4)18(24)23-17/h6,8,10,12-13,22H,5,7,9,11H2,1-4H3/b16-12-. The summed E-state index contributed by atoms with van der Waals surface area (Å²) in [7, 11) is 0. The molecule has 0 unspecified atom stereocenters. The maximum atomic E-state index is 13.3. The molecule has 2 aromatic heterocycles. The predicted octanol–water partition coefficient (Wildman–Crippen LogP) is 3.45. The molecule has 1 aliphatic rings. The first-order valence-electron chi connectivity index (χ1n) is 9.95. The molecule has 30 heavy (non-hydrogen) atoms. The SMILES string of the molecule is CCOCCCNc1nc2c(C)cccn2c(=O)c1/C=C1\SC(=S)N(C(C)C)C1=O. The lowest BCUT2D eigenvalue weighted by Crippen LogP contribution is -2.34. The molecule has 1 saturated heterocycles. The molecule has 1 fully saturated rings. The van der Waals surface area contributed by atoms with E-state index in [0.717, 1.165) is 12.0 Å². The molecule has 0 spiro atoms. The molecule has 160 valence electrons. The van der Waals surface area contributed by atoms with Crippen LogP contribution in [0.25, 0.3) is 11.7 Å². The van der Waals surface area contributed by atoms with Crippen LogP contribution in [-0.4, -0.2) is 50.3 Å². The van der Waals surface area contributed by atoms with Crippen LogP contribution in [0.4, 0.5) is 5.82 Å². The van der Waals surface area contributed by atoms with Crippen molar-refractivity contribution < 1.29 is 9.53 Å². The lowest BCUT2D eigenvalue weighted by molar-refractivity contribution is -0.123. The van der Waals surface area contributed by atoms with E-state index in [-0.39, 0.29) is 17.5 Å². The van der Waals surface area contributed by atoms with Gasteiger partial charge in [-0.15, -0.1) is 0 Å². The van der Waals surface area contributed by atoms with E-state index < -0.39 is 0 Å². The van der Waals surface area contributed by atoms with Gasteiger partial charge in [0.1, 0.15) is 15.8 Å². The van der Waals surface area contributed by atoms with Gasteiger partial charge in [0.15, 0.2) is 0 Å². The molecule has 1 aliphatic heterocycles. The summed E-state index contributed by atoms with van der Waals surface area (Å²) in [5.41, 5.74) is 1.59. The number of thioether (sulfide) groups is 1. The molecule has 3 heterocycles. The van der Waals surface area contributed by atoms with E-state index in [9.17, 15) is 9.59 Å². The van der Waals surface area contributed by atoms with Gasteiger partial charge < -0.3 is 10.1 Å². The number of carbonyl (C=O) groups is 1. The topological polar surface area (TPSA) is 75.9 Å². The van der Waals surface area contributed by atoms with Crippen LogP contribution in [0.5, 0.6) is 0 Å². The number of aromatic nitrogens is 2. The summed E-state index contributed by atoms with van der Waals surface area (Å²) in [6.07, 6.45) is 4.07.